The fraction of sp³-hybridized carbons (Fsp3) is 0.333. The molecule has 1 aliphatic rings. The zero-order valence-electron chi connectivity index (χ0n) is 17.3. The highest BCUT2D eigenvalue weighted by atomic mass is 35.5. The van der Waals surface area contributed by atoms with E-state index in [-0.39, 0.29) is 22.9 Å². The number of nitrogens with one attached hydrogen (secondary N) is 3. The van der Waals surface area contributed by atoms with Crippen molar-refractivity contribution in [3.8, 4) is 11.3 Å². The largest absolute Gasteiger partial charge is 0.381 e. The molecule has 1 aliphatic carbocycles. The number of rotatable bonds is 6. The maximum atomic E-state index is 15.2. The topological polar surface area (TPSA) is 100 Å². The van der Waals surface area contributed by atoms with Crippen LogP contribution in [0.2, 0.25) is 5.02 Å². The monoisotopic (exact) mass is 459 g/mol. The van der Waals surface area contributed by atoms with Gasteiger partial charge in [-0.15, -0.1) is 0 Å². The maximum Gasteiger partial charge on any atom is 0.231 e. The van der Waals surface area contributed by atoms with Crippen LogP contribution in [0.4, 0.5) is 20.3 Å². The first-order chi connectivity index (χ1) is 15.3. The number of hydrogen-bond acceptors (Lipinski definition) is 5. The van der Waals surface area contributed by atoms with E-state index in [2.05, 4.69) is 30.8 Å². The molecule has 32 heavy (non-hydrogen) atoms. The molecule has 1 fully saturated rings. The molecule has 2 atom stereocenters. The first kappa shape index (κ1) is 20.6. The van der Waals surface area contributed by atoms with Crippen molar-refractivity contribution in [3.63, 3.8) is 0 Å². The van der Waals surface area contributed by atoms with E-state index >= 15 is 4.39 Å². The Kier molecular flexibility index (Phi) is 4.96. The van der Waals surface area contributed by atoms with Crippen LogP contribution in [-0.2, 0) is 4.79 Å². The van der Waals surface area contributed by atoms with Crippen molar-refractivity contribution < 1.29 is 13.6 Å². The first-order valence-electron chi connectivity index (χ1n) is 10.2. The van der Waals surface area contributed by atoms with Crippen molar-refractivity contribution in [3.05, 3.63) is 35.6 Å². The minimum absolute atomic E-state index is 0.0756. The van der Waals surface area contributed by atoms with E-state index in [9.17, 15) is 9.18 Å². The van der Waals surface area contributed by atoms with Gasteiger partial charge in [0.05, 0.1) is 46.4 Å². The summed E-state index contributed by atoms with van der Waals surface area (Å²) in [5.74, 6) is -1.02. The molecule has 0 unspecified atom stereocenters. The normalized spacial score (nSPS) is 17.9. The van der Waals surface area contributed by atoms with Gasteiger partial charge in [-0.25, -0.2) is 13.8 Å². The van der Waals surface area contributed by atoms with E-state index < -0.39 is 23.8 Å². The quantitative estimate of drug-likeness (QED) is 0.396. The molecule has 1 amide bonds. The van der Waals surface area contributed by atoms with E-state index in [1.54, 1.807) is 23.0 Å². The van der Waals surface area contributed by atoms with Crippen molar-refractivity contribution in [2.24, 2.45) is 11.8 Å². The van der Waals surface area contributed by atoms with Crippen molar-refractivity contribution >= 4 is 45.6 Å². The molecule has 0 radical (unpaired) electrons. The zero-order valence-corrected chi connectivity index (χ0v) is 18.0. The Balaban J connectivity index is 1.54. The number of hydrogen-bond donors (Lipinski definition) is 3. The van der Waals surface area contributed by atoms with Gasteiger partial charge in [-0.1, -0.05) is 25.4 Å². The summed E-state index contributed by atoms with van der Waals surface area (Å²) in [6.45, 7) is 4.61. The van der Waals surface area contributed by atoms with Gasteiger partial charge in [0.1, 0.15) is 6.17 Å². The number of aromatic amines is 1. The Hall–Kier alpha value is -3.27. The fourth-order valence-corrected chi connectivity index (χ4v) is 3.87. The van der Waals surface area contributed by atoms with Crippen LogP contribution in [0.25, 0.3) is 27.8 Å². The number of nitrogens with zero attached hydrogens (tertiary/aromatic N) is 4. The molecule has 3 aromatic heterocycles. The van der Waals surface area contributed by atoms with E-state index in [1.807, 2.05) is 13.8 Å². The highest BCUT2D eigenvalue weighted by molar-refractivity contribution is 6.35. The smallest absolute Gasteiger partial charge is 0.231 e. The Morgan fingerprint density at radius 1 is 1.38 bits per heavy atom. The Labute approximate surface area is 186 Å². The molecule has 4 aromatic rings. The molecular weight excluding hydrogens is 440 g/mol. The lowest BCUT2D eigenvalue weighted by atomic mass is 10.0. The predicted octanol–water partition coefficient (Wildman–Crippen LogP) is 4.43. The Morgan fingerprint density at radius 2 is 2.16 bits per heavy atom. The number of aromatic nitrogens is 5. The van der Waals surface area contributed by atoms with Gasteiger partial charge < -0.3 is 15.0 Å². The number of benzene rings is 1. The van der Waals surface area contributed by atoms with Gasteiger partial charge in [0.25, 0.3) is 0 Å². The number of fused-ring (bicyclic) bond motifs is 2. The number of carbonyl (C=O) groups excluding carboxylic acids is 1. The van der Waals surface area contributed by atoms with E-state index in [1.165, 1.54) is 6.20 Å². The van der Waals surface area contributed by atoms with Gasteiger partial charge >= 0.3 is 0 Å². The number of carbonyl (C=O) groups is 1. The maximum absolute atomic E-state index is 15.2. The summed E-state index contributed by atoms with van der Waals surface area (Å²) in [7, 11) is 0. The third-order valence-corrected chi connectivity index (χ3v) is 5.73. The second-order valence-electron chi connectivity index (χ2n) is 8.32. The van der Waals surface area contributed by atoms with Crippen LogP contribution in [0, 0.1) is 17.7 Å². The van der Waals surface area contributed by atoms with Crippen molar-refractivity contribution in [1.82, 2.24) is 24.6 Å². The summed E-state index contributed by atoms with van der Waals surface area (Å²) in [5, 5.41) is 13.2. The molecule has 0 aliphatic heterocycles. The van der Waals surface area contributed by atoms with Gasteiger partial charge in [-0.3, -0.25) is 14.9 Å². The SMILES string of the molecule is CC(C)CNc1c(F)c(Cl)c(-c2cn3cc(NC(=O)[C@@H]4C[C@@H]4F)nc3cn2)c2cn[nH]c12. The minimum Gasteiger partial charge on any atom is -0.381 e. The van der Waals surface area contributed by atoms with Gasteiger partial charge in [0.2, 0.25) is 5.91 Å². The molecule has 0 spiro atoms. The van der Waals surface area contributed by atoms with Crippen molar-refractivity contribution in [2.45, 2.75) is 26.4 Å². The number of anilines is 2. The summed E-state index contributed by atoms with van der Waals surface area (Å²) < 4.78 is 30.0. The summed E-state index contributed by atoms with van der Waals surface area (Å²) in [6.07, 6.45) is 5.44. The summed E-state index contributed by atoms with van der Waals surface area (Å²) in [4.78, 5) is 20.7. The molecule has 0 saturated heterocycles. The average Bonchev–Trinajstić information content (AvgIpc) is 3.11. The number of halogens is 3. The molecule has 1 aromatic carbocycles. The molecule has 3 N–H and O–H groups in total. The van der Waals surface area contributed by atoms with E-state index in [0.29, 0.717) is 40.3 Å². The summed E-state index contributed by atoms with van der Waals surface area (Å²) in [5.41, 5.74) is 2.02. The minimum atomic E-state index is -1.09. The number of imidazole rings is 1. The van der Waals surface area contributed by atoms with Crippen LogP contribution < -0.4 is 10.6 Å². The van der Waals surface area contributed by atoms with E-state index in [4.69, 9.17) is 11.6 Å². The van der Waals surface area contributed by atoms with Crippen molar-refractivity contribution in [2.75, 3.05) is 17.2 Å². The van der Waals surface area contributed by atoms with Crippen LogP contribution in [0.15, 0.2) is 24.8 Å². The molecular formula is C21H20ClF2N7O. The third-order valence-electron chi connectivity index (χ3n) is 5.38. The van der Waals surface area contributed by atoms with Gasteiger partial charge in [0, 0.05) is 23.7 Å². The zero-order chi connectivity index (χ0) is 22.6. The summed E-state index contributed by atoms with van der Waals surface area (Å²) in [6, 6.07) is 0. The van der Waals surface area contributed by atoms with Crippen LogP contribution in [0.1, 0.15) is 20.3 Å². The number of H-pyrrole nitrogens is 1. The lowest BCUT2D eigenvalue weighted by Crippen LogP contribution is -2.15. The van der Waals surface area contributed by atoms with Crippen molar-refractivity contribution in [1.29, 1.82) is 0 Å². The molecule has 11 heteroatoms. The second-order valence-corrected chi connectivity index (χ2v) is 8.70. The lowest BCUT2D eigenvalue weighted by Gasteiger charge is -2.15. The van der Waals surface area contributed by atoms with Gasteiger partial charge in [-0.05, 0) is 12.3 Å². The standard InChI is InChI=1S/C21H20ClF2N7O/c1-9(2)4-26-20-18(24)17(22)16(11-5-27-30-19(11)20)13-7-31-8-14(28-15(31)6-25-13)29-21(32)10-3-12(10)23/h5-10,12,26H,3-4H2,1-2H3,(H,27,30)(H,29,32)/t10-,12+/m1/s1. The Bertz CT molecular complexity index is 1350. The fourth-order valence-electron chi connectivity index (χ4n) is 3.58. The third kappa shape index (κ3) is 3.54. The van der Waals surface area contributed by atoms with Crippen LogP contribution in [0.5, 0.6) is 0 Å². The first-order valence-corrected chi connectivity index (χ1v) is 10.6. The average molecular weight is 460 g/mol. The molecule has 8 nitrogen and oxygen atoms in total. The molecule has 5 rings (SSSR count). The highest BCUT2D eigenvalue weighted by Crippen LogP contribution is 2.40. The molecule has 166 valence electrons. The highest BCUT2D eigenvalue weighted by Gasteiger charge is 2.43. The Morgan fingerprint density at radius 3 is 2.88 bits per heavy atom. The van der Waals surface area contributed by atoms with Crippen LogP contribution >= 0.6 is 11.6 Å². The number of alkyl halides is 1. The number of amides is 1. The van der Waals surface area contributed by atoms with E-state index in [0.717, 1.165) is 0 Å². The molecule has 1 saturated carbocycles. The van der Waals surface area contributed by atoms with Gasteiger partial charge in [0.15, 0.2) is 17.3 Å². The lowest BCUT2D eigenvalue weighted by molar-refractivity contribution is -0.117. The predicted molar refractivity (Wildman–Crippen MR) is 118 cm³/mol. The second kappa shape index (κ2) is 7.70. The van der Waals surface area contributed by atoms with Crippen LogP contribution in [-0.4, -0.2) is 43.2 Å². The molecule has 0 bridgehead atoms. The molecule has 3 heterocycles. The van der Waals surface area contributed by atoms with Gasteiger partial charge in [-0.2, -0.15) is 5.10 Å². The summed E-state index contributed by atoms with van der Waals surface area (Å²) >= 11 is 6.45. The van der Waals surface area contributed by atoms with Crippen LogP contribution in [0.3, 0.4) is 0 Å².